The van der Waals surface area contributed by atoms with E-state index in [9.17, 15) is 4.79 Å². The monoisotopic (exact) mass is 122 g/mol. The van der Waals surface area contributed by atoms with E-state index in [1.807, 2.05) is 24.3 Å². The van der Waals surface area contributed by atoms with Crippen LogP contribution in [0.15, 0.2) is 24.3 Å². The van der Waals surface area contributed by atoms with Crippen LogP contribution < -0.4 is 0 Å². The van der Waals surface area contributed by atoms with Crippen LogP contribution >= 0.6 is 0 Å². The minimum atomic E-state index is 0.0544. The average molecular weight is 122 g/mol. The molecule has 0 aromatic rings. The molecular weight excluding hydrogens is 112 g/mol. The van der Waals surface area contributed by atoms with Gasteiger partial charge < -0.3 is 0 Å². The van der Waals surface area contributed by atoms with Crippen molar-refractivity contribution in [3.05, 3.63) is 24.3 Å². The zero-order valence-electron chi connectivity index (χ0n) is 5.50. The summed E-state index contributed by atoms with van der Waals surface area (Å²) in [5.41, 5.74) is 0. The lowest BCUT2D eigenvalue weighted by Crippen LogP contribution is -2.05. The fourth-order valence-electron chi connectivity index (χ4n) is 0.864. The average Bonchev–Trinajstić information content (AvgIpc) is 1.90. The Labute approximate surface area is 55.1 Å². The van der Waals surface area contributed by atoms with Crippen LogP contribution in [-0.4, -0.2) is 5.78 Å². The Morgan fingerprint density at radius 1 is 1.44 bits per heavy atom. The second-order valence-electron chi connectivity index (χ2n) is 2.23. The minimum absolute atomic E-state index is 0.0544. The summed E-state index contributed by atoms with van der Waals surface area (Å²) in [6.45, 7) is 1.62. The number of carbonyl (C=O) groups excluding carboxylic acids is 1. The van der Waals surface area contributed by atoms with Gasteiger partial charge >= 0.3 is 0 Å². The number of Topliss-reactive ketones (excluding diaryl/α,β-unsaturated/α-hetero) is 1. The third-order valence-corrected chi connectivity index (χ3v) is 1.43. The largest absolute Gasteiger partial charge is 0.299 e. The summed E-state index contributed by atoms with van der Waals surface area (Å²) in [5, 5.41) is 0. The highest BCUT2D eigenvalue weighted by molar-refractivity contribution is 5.82. The molecule has 0 aliphatic heterocycles. The molecular formula is C8H10O. The van der Waals surface area contributed by atoms with Crippen LogP contribution in [0.2, 0.25) is 0 Å². The number of hydrogen-bond acceptors (Lipinski definition) is 1. The van der Waals surface area contributed by atoms with Crippen molar-refractivity contribution in [1.82, 2.24) is 0 Å². The van der Waals surface area contributed by atoms with Crippen LogP contribution in [0, 0.1) is 5.92 Å². The summed E-state index contributed by atoms with van der Waals surface area (Å²) >= 11 is 0. The molecule has 0 atom stereocenters. The van der Waals surface area contributed by atoms with Crippen molar-refractivity contribution in [2.24, 2.45) is 5.92 Å². The van der Waals surface area contributed by atoms with E-state index in [0.29, 0.717) is 0 Å². The molecule has 0 bridgehead atoms. The molecule has 1 nitrogen and oxygen atoms in total. The summed E-state index contributed by atoms with van der Waals surface area (Å²) in [6, 6.07) is 0. The van der Waals surface area contributed by atoms with E-state index >= 15 is 0 Å². The zero-order chi connectivity index (χ0) is 6.69. The number of rotatable bonds is 1. The second kappa shape index (κ2) is 2.62. The molecule has 0 amide bonds. The van der Waals surface area contributed by atoms with Crippen LogP contribution in [0.25, 0.3) is 0 Å². The first-order valence-corrected chi connectivity index (χ1v) is 3.14. The normalized spacial score (nSPS) is 18.3. The predicted octanol–water partition coefficient (Wildman–Crippen LogP) is 1.71. The van der Waals surface area contributed by atoms with Crippen molar-refractivity contribution >= 4 is 5.78 Å². The Morgan fingerprint density at radius 3 is 2.33 bits per heavy atom. The molecule has 0 radical (unpaired) electrons. The summed E-state index contributed by atoms with van der Waals surface area (Å²) < 4.78 is 0. The van der Waals surface area contributed by atoms with Gasteiger partial charge in [0.15, 0.2) is 0 Å². The third kappa shape index (κ3) is 1.53. The van der Waals surface area contributed by atoms with Crippen LogP contribution in [0.3, 0.4) is 0 Å². The lowest BCUT2D eigenvalue weighted by Gasteiger charge is -2.04. The van der Waals surface area contributed by atoms with Gasteiger partial charge in [-0.05, 0) is 13.3 Å². The molecule has 0 N–H and O–H groups in total. The van der Waals surface area contributed by atoms with Crippen molar-refractivity contribution < 1.29 is 4.79 Å². The van der Waals surface area contributed by atoms with Gasteiger partial charge in [0, 0.05) is 0 Å². The molecule has 0 unspecified atom stereocenters. The van der Waals surface area contributed by atoms with E-state index in [4.69, 9.17) is 0 Å². The Balaban J connectivity index is 2.60. The van der Waals surface area contributed by atoms with Gasteiger partial charge in [-0.25, -0.2) is 0 Å². The van der Waals surface area contributed by atoms with Crippen molar-refractivity contribution in [3.8, 4) is 0 Å². The highest BCUT2D eigenvalue weighted by atomic mass is 16.1. The molecule has 0 aromatic heterocycles. The zero-order valence-corrected chi connectivity index (χ0v) is 5.50. The van der Waals surface area contributed by atoms with Crippen molar-refractivity contribution in [3.63, 3.8) is 0 Å². The van der Waals surface area contributed by atoms with E-state index < -0.39 is 0 Å². The van der Waals surface area contributed by atoms with E-state index in [0.717, 1.165) is 6.42 Å². The SMILES string of the molecule is CC(=O)C1C=CCC=C1. The summed E-state index contributed by atoms with van der Waals surface area (Å²) in [6.07, 6.45) is 8.91. The highest BCUT2D eigenvalue weighted by Crippen LogP contribution is 2.09. The van der Waals surface area contributed by atoms with E-state index in [1.165, 1.54) is 0 Å². The van der Waals surface area contributed by atoms with Gasteiger partial charge in [0.05, 0.1) is 5.92 Å². The van der Waals surface area contributed by atoms with E-state index in [1.54, 1.807) is 6.92 Å². The maximum atomic E-state index is 10.7. The lowest BCUT2D eigenvalue weighted by molar-refractivity contribution is -0.118. The smallest absolute Gasteiger partial charge is 0.140 e. The van der Waals surface area contributed by atoms with E-state index in [-0.39, 0.29) is 11.7 Å². The Morgan fingerprint density at radius 2 is 2.00 bits per heavy atom. The number of hydrogen-bond donors (Lipinski definition) is 0. The molecule has 0 aromatic carbocycles. The van der Waals surface area contributed by atoms with Gasteiger partial charge in [0.2, 0.25) is 0 Å². The second-order valence-corrected chi connectivity index (χ2v) is 2.23. The van der Waals surface area contributed by atoms with Gasteiger partial charge in [-0.3, -0.25) is 4.79 Å². The molecule has 1 aliphatic rings. The first-order chi connectivity index (χ1) is 4.30. The van der Waals surface area contributed by atoms with Crippen LogP contribution in [0.5, 0.6) is 0 Å². The first-order valence-electron chi connectivity index (χ1n) is 3.14. The van der Waals surface area contributed by atoms with Gasteiger partial charge in [-0.1, -0.05) is 24.3 Å². The van der Waals surface area contributed by atoms with Crippen LogP contribution in [0.1, 0.15) is 13.3 Å². The fourth-order valence-corrected chi connectivity index (χ4v) is 0.864. The summed E-state index contributed by atoms with van der Waals surface area (Å²) in [4.78, 5) is 10.7. The molecule has 9 heavy (non-hydrogen) atoms. The maximum absolute atomic E-state index is 10.7. The quantitative estimate of drug-likeness (QED) is 0.484. The molecule has 0 saturated heterocycles. The number of allylic oxidation sites excluding steroid dienone is 4. The third-order valence-electron chi connectivity index (χ3n) is 1.43. The molecule has 0 spiro atoms. The molecule has 1 rings (SSSR count). The van der Waals surface area contributed by atoms with Gasteiger partial charge in [-0.15, -0.1) is 0 Å². The minimum Gasteiger partial charge on any atom is -0.299 e. The van der Waals surface area contributed by atoms with Crippen molar-refractivity contribution in [1.29, 1.82) is 0 Å². The van der Waals surface area contributed by atoms with Crippen LogP contribution in [0.4, 0.5) is 0 Å². The summed E-state index contributed by atoms with van der Waals surface area (Å²) in [5.74, 6) is 0.279. The molecule has 1 aliphatic carbocycles. The highest BCUT2D eigenvalue weighted by Gasteiger charge is 2.06. The molecule has 0 heterocycles. The van der Waals surface area contributed by atoms with Crippen LogP contribution in [-0.2, 0) is 4.79 Å². The molecule has 1 heteroatoms. The van der Waals surface area contributed by atoms with Gasteiger partial charge in [0.25, 0.3) is 0 Å². The maximum Gasteiger partial charge on any atom is 0.140 e. The fraction of sp³-hybridized carbons (Fsp3) is 0.375. The number of ketones is 1. The lowest BCUT2D eigenvalue weighted by atomic mass is 10.00. The van der Waals surface area contributed by atoms with E-state index in [2.05, 4.69) is 0 Å². The topological polar surface area (TPSA) is 17.1 Å². The Hall–Kier alpha value is -0.850. The van der Waals surface area contributed by atoms with Gasteiger partial charge in [0.1, 0.15) is 5.78 Å². The van der Waals surface area contributed by atoms with Crippen molar-refractivity contribution in [2.75, 3.05) is 0 Å². The summed E-state index contributed by atoms with van der Waals surface area (Å²) in [7, 11) is 0. The first kappa shape index (κ1) is 6.27. The molecule has 0 fully saturated rings. The Kier molecular flexibility index (Phi) is 1.83. The standard InChI is InChI=1S/C8H10O/c1-7(9)8-5-3-2-4-6-8/h3-6,8H,2H2,1H3. The predicted molar refractivity (Wildman–Crippen MR) is 37.1 cm³/mol. The molecule has 0 saturated carbocycles. The van der Waals surface area contributed by atoms with Gasteiger partial charge in [-0.2, -0.15) is 0 Å². The molecule has 48 valence electrons. The number of carbonyl (C=O) groups is 1. The Bertz CT molecular complexity index is 153. The van der Waals surface area contributed by atoms with Crippen molar-refractivity contribution in [2.45, 2.75) is 13.3 Å².